The molecule has 0 heterocycles. The largest absolute Gasteiger partial charge is 0.469 e. The van der Waals surface area contributed by atoms with E-state index in [4.69, 9.17) is 9.16 Å². The van der Waals surface area contributed by atoms with Gasteiger partial charge in [0.15, 0.2) is 8.32 Å². The molecule has 2 aromatic rings. The first kappa shape index (κ1) is 16.7. The second-order valence-corrected chi connectivity index (χ2v) is 11.2. The molecule has 22 heavy (non-hydrogen) atoms. The molecule has 3 nitrogen and oxygen atoms in total. The number of methoxy groups -OCH3 is 1. The van der Waals surface area contributed by atoms with Crippen LogP contribution in [0.2, 0.25) is 19.6 Å². The molecule has 0 spiro atoms. The molecule has 0 aliphatic rings. The number of rotatable bonds is 5. The van der Waals surface area contributed by atoms with Crippen molar-refractivity contribution in [2.75, 3.05) is 7.11 Å². The number of benzene rings is 2. The first-order chi connectivity index (χ1) is 10.2. The van der Waals surface area contributed by atoms with Crippen LogP contribution in [-0.4, -0.2) is 21.4 Å². The van der Waals surface area contributed by atoms with Crippen molar-refractivity contribution >= 4 is 25.1 Å². The van der Waals surface area contributed by atoms with E-state index in [1.54, 1.807) is 0 Å². The van der Waals surface area contributed by atoms with Crippen molar-refractivity contribution in [3.05, 3.63) is 48.0 Å². The summed E-state index contributed by atoms with van der Waals surface area (Å²) >= 11 is 0. The predicted octanol–water partition coefficient (Wildman–Crippen LogP) is 4.47. The molecular weight excluding hydrogens is 292 g/mol. The van der Waals surface area contributed by atoms with Gasteiger partial charge in [-0.15, -0.1) is 0 Å². The molecule has 0 aromatic heterocycles. The van der Waals surface area contributed by atoms with Gasteiger partial charge in [0, 0.05) is 0 Å². The molecule has 0 saturated heterocycles. The predicted molar refractivity (Wildman–Crippen MR) is 92.4 cm³/mol. The highest BCUT2D eigenvalue weighted by Crippen LogP contribution is 2.34. The lowest BCUT2D eigenvalue weighted by Gasteiger charge is -2.36. The van der Waals surface area contributed by atoms with Gasteiger partial charge in [0.1, 0.15) is 0 Å². The zero-order valence-electron chi connectivity index (χ0n) is 14.0. The Morgan fingerprint density at radius 1 is 1.09 bits per heavy atom. The van der Waals surface area contributed by atoms with Crippen LogP contribution in [0.15, 0.2) is 42.5 Å². The lowest BCUT2D eigenvalue weighted by molar-refractivity contribution is -0.145. The van der Waals surface area contributed by atoms with E-state index in [0.29, 0.717) is 0 Å². The number of esters is 1. The van der Waals surface area contributed by atoms with Gasteiger partial charge < -0.3 is 9.16 Å². The topological polar surface area (TPSA) is 35.5 Å². The minimum Gasteiger partial charge on any atom is -0.469 e. The van der Waals surface area contributed by atoms with Crippen LogP contribution in [0.1, 0.15) is 18.9 Å². The van der Waals surface area contributed by atoms with Crippen LogP contribution in [0.4, 0.5) is 0 Å². The monoisotopic (exact) mass is 316 g/mol. The van der Waals surface area contributed by atoms with Crippen LogP contribution in [-0.2, 0) is 19.6 Å². The van der Waals surface area contributed by atoms with Gasteiger partial charge in [0.05, 0.1) is 19.1 Å². The van der Waals surface area contributed by atoms with Crippen molar-refractivity contribution in [2.24, 2.45) is 0 Å². The molecule has 0 N–H and O–H groups in total. The summed E-state index contributed by atoms with van der Waals surface area (Å²) in [6.07, 6.45) is 0.214. The van der Waals surface area contributed by atoms with E-state index < -0.39 is 13.9 Å². The summed E-state index contributed by atoms with van der Waals surface area (Å²) in [5.74, 6) is -0.256. The van der Waals surface area contributed by atoms with Gasteiger partial charge in [-0.2, -0.15) is 0 Å². The molecule has 118 valence electrons. The van der Waals surface area contributed by atoms with E-state index in [1.165, 1.54) is 12.5 Å². The van der Waals surface area contributed by atoms with Crippen LogP contribution >= 0.6 is 0 Å². The molecule has 0 unspecified atom stereocenters. The quantitative estimate of drug-likeness (QED) is 0.603. The molecule has 0 saturated carbocycles. The number of fused-ring (bicyclic) bond motifs is 1. The fraction of sp³-hybridized carbons (Fsp3) is 0.389. The maximum Gasteiger partial charge on any atom is 0.308 e. The molecule has 2 aromatic carbocycles. The maximum atomic E-state index is 11.9. The first-order valence-corrected chi connectivity index (χ1v) is 10.9. The maximum absolute atomic E-state index is 11.9. The van der Waals surface area contributed by atoms with Gasteiger partial charge >= 0.3 is 5.97 Å². The van der Waals surface area contributed by atoms with Crippen LogP contribution in [0, 0.1) is 0 Å². The first-order valence-electron chi connectivity index (χ1n) is 7.50. The van der Waals surface area contributed by atoms with Crippen LogP contribution < -0.4 is 0 Å². The lowest BCUT2D eigenvalue weighted by atomic mass is 9.91. The highest BCUT2D eigenvalue weighted by Gasteiger charge is 2.36. The Balaban J connectivity index is 2.47. The standard InChI is InChI=1S/C18H24O3Si/c1-18(13-17(19)20-2,21-22(3,4)5)16-11-10-14-8-6-7-9-15(14)12-16/h6-12H,13H2,1-5H3/t18-/m0/s1. The zero-order chi connectivity index (χ0) is 16.4. The summed E-state index contributed by atoms with van der Waals surface area (Å²) < 4.78 is 11.2. The van der Waals surface area contributed by atoms with E-state index in [0.717, 1.165) is 10.9 Å². The lowest BCUT2D eigenvalue weighted by Crippen LogP contribution is -2.40. The number of carbonyl (C=O) groups is 1. The summed E-state index contributed by atoms with van der Waals surface area (Å²) in [5, 5.41) is 2.33. The smallest absolute Gasteiger partial charge is 0.308 e. The molecule has 0 aliphatic heterocycles. The summed E-state index contributed by atoms with van der Waals surface area (Å²) in [6.45, 7) is 8.36. The molecule has 2 rings (SSSR count). The number of carbonyl (C=O) groups excluding carboxylic acids is 1. The average Bonchev–Trinajstić information content (AvgIpc) is 2.44. The number of hydrogen-bond donors (Lipinski definition) is 0. The van der Waals surface area contributed by atoms with E-state index >= 15 is 0 Å². The van der Waals surface area contributed by atoms with E-state index in [-0.39, 0.29) is 12.4 Å². The van der Waals surface area contributed by atoms with Gasteiger partial charge in [-0.25, -0.2) is 0 Å². The van der Waals surface area contributed by atoms with Gasteiger partial charge in [-0.1, -0.05) is 36.4 Å². The molecule has 4 heteroatoms. The molecule has 0 bridgehead atoms. The molecule has 0 radical (unpaired) electrons. The normalized spacial score (nSPS) is 14.6. The fourth-order valence-corrected chi connectivity index (χ4v) is 4.28. The molecule has 0 fully saturated rings. The van der Waals surface area contributed by atoms with Crippen LogP contribution in [0.25, 0.3) is 10.8 Å². The number of ether oxygens (including phenoxy) is 1. The summed E-state index contributed by atoms with van der Waals surface area (Å²) in [6, 6.07) is 14.4. The van der Waals surface area contributed by atoms with Crippen molar-refractivity contribution in [1.82, 2.24) is 0 Å². The second kappa shape index (κ2) is 6.22. The Morgan fingerprint density at radius 3 is 2.32 bits per heavy atom. The summed E-state index contributed by atoms with van der Waals surface area (Å²) in [7, 11) is -0.416. The van der Waals surface area contributed by atoms with Gasteiger partial charge in [0.25, 0.3) is 0 Å². The Morgan fingerprint density at radius 2 is 1.73 bits per heavy atom. The molecular formula is C18H24O3Si. The van der Waals surface area contributed by atoms with Crippen molar-refractivity contribution in [2.45, 2.75) is 38.6 Å². The van der Waals surface area contributed by atoms with Crippen molar-refractivity contribution in [1.29, 1.82) is 0 Å². The van der Waals surface area contributed by atoms with Crippen molar-refractivity contribution < 1.29 is 14.0 Å². The van der Waals surface area contributed by atoms with E-state index in [1.807, 2.05) is 25.1 Å². The van der Waals surface area contributed by atoms with Gasteiger partial charge in [0.2, 0.25) is 0 Å². The minimum atomic E-state index is -1.83. The Labute approximate surface area is 133 Å². The fourth-order valence-electron chi connectivity index (χ4n) is 2.74. The summed E-state index contributed by atoms with van der Waals surface area (Å²) in [5.41, 5.74) is 0.348. The SMILES string of the molecule is COC(=O)C[C@](C)(O[Si](C)(C)C)c1ccc2ccccc2c1. The van der Waals surface area contributed by atoms with Crippen molar-refractivity contribution in [3.63, 3.8) is 0 Å². The van der Waals surface area contributed by atoms with E-state index in [2.05, 4.69) is 43.9 Å². The molecule has 1 atom stereocenters. The number of hydrogen-bond acceptors (Lipinski definition) is 3. The third kappa shape index (κ3) is 3.96. The second-order valence-electron chi connectivity index (χ2n) is 6.76. The zero-order valence-corrected chi connectivity index (χ0v) is 15.0. The van der Waals surface area contributed by atoms with Gasteiger partial charge in [-0.05, 0) is 49.0 Å². The third-order valence-corrected chi connectivity index (χ3v) is 4.66. The average molecular weight is 316 g/mol. The van der Waals surface area contributed by atoms with Crippen molar-refractivity contribution in [3.8, 4) is 0 Å². The highest BCUT2D eigenvalue weighted by atomic mass is 28.4. The summed E-state index contributed by atoms with van der Waals surface area (Å²) in [4.78, 5) is 11.9. The Bertz CT molecular complexity index is 675. The van der Waals surface area contributed by atoms with E-state index in [9.17, 15) is 4.79 Å². The highest BCUT2D eigenvalue weighted by molar-refractivity contribution is 6.69. The van der Waals surface area contributed by atoms with Crippen LogP contribution in [0.3, 0.4) is 0 Å². The molecule has 0 amide bonds. The minimum absolute atomic E-state index is 0.214. The van der Waals surface area contributed by atoms with Gasteiger partial charge in [-0.3, -0.25) is 4.79 Å². The Hall–Kier alpha value is -1.65. The third-order valence-electron chi connectivity index (χ3n) is 3.60. The van der Waals surface area contributed by atoms with Crippen LogP contribution in [0.5, 0.6) is 0 Å². The molecule has 0 aliphatic carbocycles. The Kier molecular flexibility index (Phi) is 4.73.